The van der Waals surface area contributed by atoms with Gasteiger partial charge in [-0.1, -0.05) is 12.1 Å². The Morgan fingerprint density at radius 3 is 2.76 bits per heavy atom. The number of phenols is 1. The average molecular weight is 305 g/mol. The van der Waals surface area contributed by atoms with Crippen molar-refractivity contribution in [2.75, 3.05) is 0 Å². The Morgan fingerprint density at radius 2 is 2.14 bits per heavy atom. The monoisotopic (exact) mass is 305 g/mol. The van der Waals surface area contributed by atoms with E-state index in [1.165, 1.54) is 23.6 Å². The van der Waals surface area contributed by atoms with Crippen LogP contribution in [0.1, 0.15) is 22.2 Å². The van der Waals surface area contributed by atoms with E-state index in [-0.39, 0.29) is 17.0 Å². The molecule has 1 aromatic carbocycles. The molecule has 2 N–H and O–H groups in total. The second-order valence-corrected chi connectivity index (χ2v) is 4.99. The average Bonchev–Trinajstić information content (AvgIpc) is 2.95. The molecule has 0 unspecified atom stereocenters. The lowest BCUT2D eigenvalue weighted by Gasteiger charge is -2.03. The number of carbonyl (C=O) groups excluding carboxylic acids is 1. The van der Waals surface area contributed by atoms with Gasteiger partial charge in [0.25, 0.3) is 11.6 Å². The van der Waals surface area contributed by atoms with Crippen molar-refractivity contribution in [3.8, 4) is 5.75 Å². The number of hydrazone groups is 1. The molecule has 0 saturated heterocycles. The summed E-state index contributed by atoms with van der Waals surface area (Å²) in [5.74, 6) is -0.701. The molecule has 0 aliphatic heterocycles. The molecule has 108 valence electrons. The van der Waals surface area contributed by atoms with Crippen molar-refractivity contribution in [3.63, 3.8) is 0 Å². The number of thiophene rings is 1. The van der Waals surface area contributed by atoms with Crippen LogP contribution in [-0.4, -0.2) is 21.6 Å². The maximum Gasteiger partial charge on any atom is 0.280 e. The summed E-state index contributed by atoms with van der Waals surface area (Å²) in [6, 6.07) is 7.47. The zero-order valence-electron chi connectivity index (χ0n) is 10.9. The molecule has 1 amide bonds. The van der Waals surface area contributed by atoms with Gasteiger partial charge in [-0.3, -0.25) is 14.9 Å². The predicted molar refractivity (Wildman–Crippen MR) is 78.8 cm³/mol. The highest BCUT2D eigenvalue weighted by atomic mass is 32.1. The SMILES string of the molecule is CC(=NNC(=O)c1ccccc1O)c1cc([N+](=O)[O-])cs1. The van der Waals surface area contributed by atoms with Gasteiger partial charge in [-0.05, 0) is 19.1 Å². The minimum atomic E-state index is -0.557. The normalized spacial score (nSPS) is 11.2. The van der Waals surface area contributed by atoms with Gasteiger partial charge in [0.1, 0.15) is 5.75 Å². The maximum absolute atomic E-state index is 11.8. The van der Waals surface area contributed by atoms with E-state index < -0.39 is 10.8 Å². The summed E-state index contributed by atoms with van der Waals surface area (Å²) >= 11 is 1.16. The summed E-state index contributed by atoms with van der Waals surface area (Å²) in [7, 11) is 0. The summed E-state index contributed by atoms with van der Waals surface area (Å²) in [5, 5.41) is 25.4. The van der Waals surface area contributed by atoms with Gasteiger partial charge in [0.2, 0.25) is 0 Å². The van der Waals surface area contributed by atoms with Crippen molar-refractivity contribution < 1.29 is 14.8 Å². The second kappa shape index (κ2) is 6.14. The lowest BCUT2D eigenvalue weighted by Crippen LogP contribution is -2.19. The number of aromatic hydroxyl groups is 1. The fraction of sp³-hybridized carbons (Fsp3) is 0.0769. The summed E-state index contributed by atoms with van der Waals surface area (Å²) < 4.78 is 0. The number of rotatable bonds is 4. The molecule has 2 rings (SSSR count). The lowest BCUT2D eigenvalue weighted by molar-refractivity contribution is -0.384. The van der Waals surface area contributed by atoms with E-state index in [1.807, 2.05) is 0 Å². The van der Waals surface area contributed by atoms with Crippen molar-refractivity contribution in [2.45, 2.75) is 6.92 Å². The largest absolute Gasteiger partial charge is 0.507 e. The van der Waals surface area contributed by atoms with E-state index in [4.69, 9.17) is 0 Å². The third-order valence-electron chi connectivity index (χ3n) is 2.63. The third-order valence-corrected chi connectivity index (χ3v) is 3.65. The fourth-order valence-electron chi connectivity index (χ4n) is 1.53. The smallest absolute Gasteiger partial charge is 0.280 e. The van der Waals surface area contributed by atoms with Gasteiger partial charge in [0.05, 0.1) is 26.5 Å². The first-order valence-corrected chi connectivity index (χ1v) is 6.73. The van der Waals surface area contributed by atoms with Gasteiger partial charge >= 0.3 is 0 Å². The van der Waals surface area contributed by atoms with Crippen LogP contribution in [0.5, 0.6) is 5.75 Å². The molecule has 21 heavy (non-hydrogen) atoms. The Hall–Kier alpha value is -2.74. The molecule has 0 atom stereocenters. The molecule has 0 radical (unpaired) electrons. The molecule has 0 aliphatic carbocycles. The van der Waals surface area contributed by atoms with Crippen molar-refractivity contribution in [1.29, 1.82) is 0 Å². The maximum atomic E-state index is 11.8. The van der Waals surface area contributed by atoms with Crippen molar-refractivity contribution in [2.24, 2.45) is 5.10 Å². The molecule has 1 heterocycles. The second-order valence-electron chi connectivity index (χ2n) is 4.08. The number of hydrogen-bond acceptors (Lipinski definition) is 6. The van der Waals surface area contributed by atoms with Gasteiger partial charge in [-0.2, -0.15) is 5.10 Å². The van der Waals surface area contributed by atoms with Gasteiger partial charge in [0.15, 0.2) is 0 Å². The van der Waals surface area contributed by atoms with Gasteiger partial charge in [-0.25, -0.2) is 5.43 Å². The third kappa shape index (κ3) is 3.42. The van der Waals surface area contributed by atoms with E-state index in [0.717, 1.165) is 11.3 Å². The molecular formula is C13H11N3O4S. The molecular weight excluding hydrogens is 294 g/mol. The molecule has 0 spiro atoms. The highest BCUT2D eigenvalue weighted by Gasteiger charge is 2.12. The number of nitrogens with zero attached hydrogens (tertiary/aromatic N) is 2. The Kier molecular flexibility index (Phi) is 4.29. The number of benzene rings is 1. The van der Waals surface area contributed by atoms with Crippen LogP contribution in [-0.2, 0) is 0 Å². The molecule has 0 bridgehead atoms. The topological polar surface area (TPSA) is 105 Å². The molecule has 1 aromatic heterocycles. The van der Waals surface area contributed by atoms with Crippen LogP contribution >= 0.6 is 11.3 Å². The first-order chi connectivity index (χ1) is 9.99. The Labute approximate surface area is 123 Å². The van der Waals surface area contributed by atoms with E-state index in [1.54, 1.807) is 19.1 Å². The van der Waals surface area contributed by atoms with Crippen LogP contribution in [0.3, 0.4) is 0 Å². The van der Waals surface area contributed by atoms with Crippen LogP contribution < -0.4 is 5.43 Å². The molecule has 8 heteroatoms. The summed E-state index contributed by atoms with van der Waals surface area (Å²) in [6.45, 7) is 1.63. The molecule has 0 aliphatic rings. The summed E-state index contributed by atoms with van der Waals surface area (Å²) in [4.78, 5) is 22.5. The Balaban J connectivity index is 2.11. The van der Waals surface area contributed by atoms with Crippen molar-refractivity contribution in [3.05, 3.63) is 56.3 Å². The predicted octanol–water partition coefficient (Wildman–Crippen LogP) is 2.52. The van der Waals surface area contributed by atoms with Gasteiger partial charge in [-0.15, -0.1) is 11.3 Å². The van der Waals surface area contributed by atoms with E-state index >= 15 is 0 Å². The van der Waals surface area contributed by atoms with Gasteiger partial charge in [0, 0.05) is 6.07 Å². The van der Waals surface area contributed by atoms with Crippen LogP contribution in [0.2, 0.25) is 0 Å². The number of para-hydroxylation sites is 1. The minimum Gasteiger partial charge on any atom is -0.507 e. The van der Waals surface area contributed by atoms with Crippen molar-refractivity contribution >= 4 is 28.6 Å². The van der Waals surface area contributed by atoms with Crippen LogP contribution in [0.4, 0.5) is 5.69 Å². The van der Waals surface area contributed by atoms with E-state index in [0.29, 0.717) is 10.6 Å². The lowest BCUT2D eigenvalue weighted by atomic mass is 10.2. The van der Waals surface area contributed by atoms with Crippen LogP contribution in [0.25, 0.3) is 0 Å². The van der Waals surface area contributed by atoms with E-state index in [9.17, 15) is 20.0 Å². The summed E-state index contributed by atoms with van der Waals surface area (Å²) in [6.07, 6.45) is 0. The number of carbonyl (C=O) groups is 1. The van der Waals surface area contributed by atoms with Crippen LogP contribution in [0.15, 0.2) is 40.8 Å². The van der Waals surface area contributed by atoms with Crippen molar-refractivity contribution in [1.82, 2.24) is 5.43 Å². The molecule has 2 aromatic rings. The minimum absolute atomic E-state index is 0.0171. The number of amides is 1. The highest BCUT2D eigenvalue weighted by Crippen LogP contribution is 2.22. The Morgan fingerprint density at radius 1 is 1.43 bits per heavy atom. The quantitative estimate of drug-likeness (QED) is 0.514. The molecule has 7 nitrogen and oxygen atoms in total. The number of hydrogen-bond donors (Lipinski definition) is 2. The fourth-order valence-corrected chi connectivity index (χ4v) is 2.33. The van der Waals surface area contributed by atoms with E-state index in [2.05, 4.69) is 10.5 Å². The van der Waals surface area contributed by atoms with Gasteiger partial charge < -0.3 is 5.11 Å². The zero-order chi connectivity index (χ0) is 15.4. The zero-order valence-corrected chi connectivity index (χ0v) is 11.8. The summed E-state index contributed by atoms with van der Waals surface area (Å²) in [5.41, 5.74) is 2.83. The molecule has 0 fully saturated rings. The molecule has 0 saturated carbocycles. The van der Waals surface area contributed by atoms with Crippen LogP contribution in [0, 0.1) is 10.1 Å². The highest BCUT2D eigenvalue weighted by molar-refractivity contribution is 7.12. The number of phenolic OH excluding ortho intramolecular Hbond substituents is 1. The standard InChI is InChI=1S/C13H11N3O4S/c1-8(12-6-9(7-21-12)16(19)20)14-15-13(18)10-4-2-3-5-11(10)17/h2-7,17H,1H3,(H,15,18). The number of nitro groups is 1. The number of nitrogens with one attached hydrogen (secondary N) is 1. The Bertz CT molecular complexity index is 724. The first kappa shape index (κ1) is 14.7. The first-order valence-electron chi connectivity index (χ1n) is 5.85.